The fourth-order valence-electron chi connectivity index (χ4n) is 5.12. The summed E-state index contributed by atoms with van der Waals surface area (Å²) in [6.45, 7) is 6.59. The minimum atomic E-state index is -1.01. The second-order valence-corrected chi connectivity index (χ2v) is 10.8. The molecule has 0 spiro atoms. The molecule has 0 unspecified atom stereocenters. The average Bonchev–Trinajstić information content (AvgIpc) is 3.60. The highest BCUT2D eigenvalue weighted by atomic mass is 32.1. The first-order chi connectivity index (χ1) is 20.7. The zero-order chi connectivity index (χ0) is 30.8. The van der Waals surface area contributed by atoms with E-state index in [0.29, 0.717) is 67.8 Å². The van der Waals surface area contributed by atoms with Gasteiger partial charge in [-0.25, -0.2) is 9.79 Å². The molecule has 2 aromatic carbocycles. The molecule has 0 bridgehead atoms. The number of fused-ring (bicyclic) bond motifs is 1. The minimum absolute atomic E-state index is 0.174. The van der Waals surface area contributed by atoms with Gasteiger partial charge in [-0.15, -0.1) is 0 Å². The SMILES string of the molecule is CCN(CC)C(=O)C1=C(C)N=c2s/c(=C/c3ccc(-c4ccc(C(=O)O)cc4)o3)c(=O)n2[C@H]1c1cc(OC)ccc1OC. The number of hydrogen-bond donors (Lipinski definition) is 1. The Hall–Kier alpha value is -4.90. The molecule has 222 valence electrons. The molecule has 43 heavy (non-hydrogen) atoms. The number of amides is 1. The molecule has 4 aromatic rings. The largest absolute Gasteiger partial charge is 0.497 e. The van der Waals surface area contributed by atoms with Crippen molar-refractivity contribution in [2.45, 2.75) is 26.8 Å². The first-order valence-corrected chi connectivity index (χ1v) is 14.5. The number of hydrogen-bond acceptors (Lipinski definition) is 8. The molecule has 5 rings (SSSR count). The number of allylic oxidation sites excluding steroid dienone is 1. The van der Waals surface area contributed by atoms with E-state index in [2.05, 4.69) is 0 Å². The van der Waals surface area contributed by atoms with Crippen LogP contribution in [0.1, 0.15) is 48.5 Å². The van der Waals surface area contributed by atoms with Crippen LogP contribution in [0.5, 0.6) is 11.5 Å². The van der Waals surface area contributed by atoms with Gasteiger partial charge in [0, 0.05) is 30.3 Å². The van der Waals surface area contributed by atoms with Gasteiger partial charge in [0.1, 0.15) is 29.1 Å². The number of likely N-dealkylation sites (N-methyl/N-ethyl adjacent to an activating group) is 1. The van der Waals surface area contributed by atoms with Crippen molar-refractivity contribution in [1.82, 2.24) is 9.47 Å². The number of ether oxygens (including phenoxy) is 2. The maximum absolute atomic E-state index is 14.1. The first-order valence-electron chi connectivity index (χ1n) is 13.7. The van der Waals surface area contributed by atoms with Gasteiger partial charge in [0.25, 0.3) is 11.5 Å². The molecule has 0 aliphatic carbocycles. The van der Waals surface area contributed by atoms with E-state index < -0.39 is 12.0 Å². The van der Waals surface area contributed by atoms with Gasteiger partial charge in [0.2, 0.25) is 0 Å². The van der Waals surface area contributed by atoms with E-state index in [1.165, 1.54) is 28.0 Å². The van der Waals surface area contributed by atoms with E-state index in [4.69, 9.17) is 24.0 Å². The van der Waals surface area contributed by atoms with Crippen molar-refractivity contribution in [2.75, 3.05) is 27.3 Å². The summed E-state index contributed by atoms with van der Waals surface area (Å²) in [5.74, 6) is 0.807. The van der Waals surface area contributed by atoms with E-state index in [0.717, 1.165) is 0 Å². The maximum Gasteiger partial charge on any atom is 0.335 e. The van der Waals surface area contributed by atoms with Crippen LogP contribution in [-0.2, 0) is 4.79 Å². The number of furan rings is 1. The van der Waals surface area contributed by atoms with Crippen LogP contribution in [0.15, 0.2) is 80.1 Å². The van der Waals surface area contributed by atoms with Gasteiger partial charge < -0.3 is 23.9 Å². The highest BCUT2D eigenvalue weighted by molar-refractivity contribution is 7.07. The summed E-state index contributed by atoms with van der Waals surface area (Å²) in [6.07, 6.45) is 1.64. The van der Waals surface area contributed by atoms with E-state index in [-0.39, 0.29) is 17.0 Å². The maximum atomic E-state index is 14.1. The molecule has 10 nitrogen and oxygen atoms in total. The fraction of sp³-hybridized carbons (Fsp3) is 0.250. The van der Waals surface area contributed by atoms with Crippen LogP contribution in [0.25, 0.3) is 17.4 Å². The Kier molecular flexibility index (Phi) is 8.36. The van der Waals surface area contributed by atoms with Crippen molar-refractivity contribution in [1.29, 1.82) is 0 Å². The number of nitrogens with zero attached hydrogens (tertiary/aromatic N) is 3. The zero-order valence-corrected chi connectivity index (χ0v) is 25.2. The van der Waals surface area contributed by atoms with Crippen LogP contribution >= 0.6 is 11.3 Å². The number of thiazole rings is 1. The third kappa shape index (κ3) is 5.51. The van der Waals surface area contributed by atoms with Crippen LogP contribution in [0.2, 0.25) is 0 Å². The molecule has 11 heteroatoms. The monoisotopic (exact) mass is 601 g/mol. The lowest BCUT2D eigenvalue weighted by atomic mass is 9.93. The Morgan fingerprint density at radius 2 is 1.79 bits per heavy atom. The van der Waals surface area contributed by atoms with E-state index in [1.807, 2.05) is 13.8 Å². The number of rotatable bonds is 9. The summed E-state index contributed by atoms with van der Waals surface area (Å²) < 4.78 is 19.1. The molecule has 0 saturated carbocycles. The number of carboxylic acids is 1. The van der Waals surface area contributed by atoms with Gasteiger partial charge in [-0.05, 0) is 63.2 Å². The second kappa shape index (κ2) is 12.1. The number of methoxy groups -OCH3 is 2. The van der Waals surface area contributed by atoms with Crippen molar-refractivity contribution in [3.63, 3.8) is 0 Å². The minimum Gasteiger partial charge on any atom is -0.497 e. The summed E-state index contributed by atoms with van der Waals surface area (Å²) in [6, 6.07) is 14.3. The molecule has 1 aliphatic rings. The predicted octanol–water partition coefficient (Wildman–Crippen LogP) is 4.08. The Morgan fingerprint density at radius 1 is 1.07 bits per heavy atom. The smallest absolute Gasteiger partial charge is 0.335 e. The van der Waals surface area contributed by atoms with Crippen molar-refractivity contribution in [3.8, 4) is 22.8 Å². The number of carboxylic acid groups (broad SMARTS) is 1. The van der Waals surface area contributed by atoms with Crippen molar-refractivity contribution in [2.24, 2.45) is 4.99 Å². The van der Waals surface area contributed by atoms with Crippen LogP contribution in [-0.4, -0.2) is 53.8 Å². The van der Waals surface area contributed by atoms with Crippen LogP contribution in [0.4, 0.5) is 0 Å². The number of aromatic nitrogens is 1. The quantitative estimate of drug-likeness (QED) is 0.307. The molecule has 1 atom stereocenters. The molecule has 1 amide bonds. The Labute approximate surface area is 251 Å². The predicted molar refractivity (Wildman–Crippen MR) is 162 cm³/mol. The first kappa shape index (κ1) is 29.6. The molecule has 0 fully saturated rings. The summed E-state index contributed by atoms with van der Waals surface area (Å²) in [5, 5.41) is 9.17. The topological polar surface area (TPSA) is 124 Å². The fourth-order valence-corrected chi connectivity index (χ4v) is 6.14. The summed E-state index contributed by atoms with van der Waals surface area (Å²) >= 11 is 1.20. The highest BCUT2D eigenvalue weighted by Crippen LogP contribution is 2.38. The molecule has 2 aromatic heterocycles. The van der Waals surface area contributed by atoms with E-state index >= 15 is 0 Å². The van der Waals surface area contributed by atoms with Crippen molar-refractivity contribution in [3.05, 3.63) is 102 Å². The average molecular weight is 602 g/mol. The Morgan fingerprint density at radius 3 is 2.42 bits per heavy atom. The van der Waals surface area contributed by atoms with Crippen LogP contribution < -0.4 is 24.4 Å². The van der Waals surface area contributed by atoms with Gasteiger partial charge in [-0.3, -0.25) is 14.2 Å². The number of benzene rings is 2. The van der Waals surface area contributed by atoms with E-state index in [1.54, 1.807) is 74.6 Å². The van der Waals surface area contributed by atoms with Gasteiger partial charge in [-0.1, -0.05) is 23.5 Å². The van der Waals surface area contributed by atoms with Gasteiger partial charge in [0.15, 0.2) is 4.80 Å². The Bertz CT molecular complexity index is 1910. The highest BCUT2D eigenvalue weighted by Gasteiger charge is 2.36. The lowest BCUT2D eigenvalue weighted by molar-refractivity contribution is -0.127. The summed E-state index contributed by atoms with van der Waals surface area (Å²) in [5.41, 5.74) is 2.05. The lowest BCUT2D eigenvalue weighted by Crippen LogP contribution is -2.43. The molecular formula is C32H31N3O7S. The zero-order valence-electron chi connectivity index (χ0n) is 24.4. The van der Waals surface area contributed by atoms with Crippen LogP contribution in [0.3, 0.4) is 0 Å². The molecule has 1 N–H and O–H groups in total. The molecule has 0 saturated heterocycles. The second-order valence-electron chi connectivity index (χ2n) is 9.75. The molecule has 0 radical (unpaired) electrons. The third-order valence-electron chi connectivity index (χ3n) is 7.35. The summed E-state index contributed by atoms with van der Waals surface area (Å²) in [7, 11) is 3.10. The van der Waals surface area contributed by atoms with E-state index in [9.17, 15) is 14.4 Å². The molecule has 1 aliphatic heterocycles. The Balaban J connectivity index is 1.66. The molecule has 3 heterocycles. The standard InChI is InChI=1S/C32H31N3O7S/c1-6-34(7-2)30(37)27-18(3)33-32-35(28(27)23-16-21(40-4)12-15-25(23)41-5)29(36)26(43-32)17-22-13-14-24(42-22)19-8-10-20(11-9-19)31(38)39/h8-17,28H,6-7H2,1-5H3,(H,38,39)/b26-17+/t28-/m0/s1. The normalized spacial score (nSPS) is 14.7. The van der Waals surface area contributed by atoms with Crippen LogP contribution in [0, 0.1) is 0 Å². The number of aromatic carboxylic acids is 1. The molecular weight excluding hydrogens is 570 g/mol. The van der Waals surface area contributed by atoms with Crippen molar-refractivity contribution < 1.29 is 28.6 Å². The summed E-state index contributed by atoms with van der Waals surface area (Å²) in [4.78, 5) is 46.0. The van der Waals surface area contributed by atoms with Gasteiger partial charge in [0.05, 0.1) is 35.6 Å². The van der Waals surface area contributed by atoms with Crippen molar-refractivity contribution >= 4 is 29.3 Å². The van der Waals surface area contributed by atoms with Gasteiger partial charge in [-0.2, -0.15) is 0 Å². The number of carbonyl (C=O) groups is 2. The number of carbonyl (C=O) groups excluding carboxylic acids is 1. The lowest BCUT2D eigenvalue weighted by Gasteiger charge is -2.30. The third-order valence-corrected chi connectivity index (χ3v) is 8.33. The van der Waals surface area contributed by atoms with Gasteiger partial charge >= 0.3 is 5.97 Å².